The summed E-state index contributed by atoms with van der Waals surface area (Å²) < 4.78 is 0. The minimum atomic E-state index is -0.00244. The highest BCUT2D eigenvalue weighted by molar-refractivity contribution is 7.58. The summed E-state index contributed by atoms with van der Waals surface area (Å²) in [6.45, 7) is 12.6. The van der Waals surface area contributed by atoms with Gasteiger partial charge in [0.25, 0.3) is 0 Å². The molecular formula is C32H52N2P2. The second-order valence-corrected chi connectivity index (χ2v) is 19.7. The lowest BCUT2D eigenvalue weighted by Crippen LogP contribution is -2.48. The molecule has 200 valence electrons. The molecule has 4 bridgehead atoms. The summed E-state index contributed by atoms with van der Waals surface area (Å²) in [5.74, 6) is 3.11. The molecule has 4 unspecified atom stereocenters. The van der Waals surface area contributed by atoms with Crippen molar-refractivity contribution in [2.75, 3.05) is 26.2 Å². The van der Waals surface area contributed by atoms with Crippen molar-refractivity contribution in [3.8, 4) is 0 Å². The number of rotatable bonds is 7. The van der Waals surface area contributed by atoms with Crippen LogP contribution in [0.25, 0.3) is 0 Å². The fourth-order valence-electron chi connectivity index (χ4n) is 9.47. The van der Waals surface area contributed by atoms with Gasteiger partial charge in [0.05, 0.1) is 0 Å². The Morgan fingerprint density at radius 3 is 1.94 bits per heavy atom. The number of hydrogen-bond acceptors (Lipinski definition) is 2. The lowest BCUT2D eigenvalue weighted by molar-refractivity contribution is -0.0548. The van der Waals surface area contributed by atoms with E-state index in [0.717, 1.165) is 43.3 Å². The van der Waals surface area contributed by atoms with Gasteiger partial charge in [-0.1, -0.05) is 53.0 Å². The van der Waals surface area contributed by atoms with Gasteiger partial charge in [-0.05, 0) is 134 Å². The molecule has 2 nitrogen and oxygen atoms in total. The van der Waals surface area contributed by atoms with Crippen LogP contribution in [-0.4, -0.2) is 42.7 Å². The van der Waals surface area contributed by atoms with Gasteiger partial charge in [-0.25, -0.2) is 0 Å². The average Bonchev–Trinajstić information content (AvgIpc) is 2.86. The Bertz CT molecular complexity index is 827. The summed E-state index contributed by atoms with van der Waals surface area (Å²) in [5, 5.41) is 8.00. The Hall–Kier alpha value is -0.0000000000000000416. The van der Waals surface area contributed by atoms with Crippen LogP contribution in [0, 0.1) is 23.2 Å². The van der Waals surface area contributed by atoms with E-state index < -0.39 is 0 Å². The molecule has 4 heteroatoms. The third-order valence-corrected chi connectivity index (χ3v) is 16.0. The van der Waals surface area contributed by atoms with Crippen molar-refractivity contribution < 1.29 is 0 Å². The molecular weight excluding hydrogens is 474 g/mol. The second kappa shape index (κ2) is 10.9. The SMILES string of the molecule is CC(C)(C)PC(c1ccccc1CP(C1CCCNC1)C1CCCNC1)C12CC3CC(CC(C3)C1)C2. The first-order valence-electron chi connectivity index (χ1n) is 15.4. The molecule has 1 aromatic carbocycles. The number of benzene rings is 1. The summed E-state index contributed by atoms with van der Waals surface area (Å²) >= 11 is 0. The molecule has 4 aliphatic carbocycles. The number of hydrogen-bond donors (Lipinski definition) is 2. The molecule has 6 fully saturated rings. The highest BCUT2D eigenvalue weighted by Gasteiger charge is 2.55. The lowest BCUT2D eigenvalue weighted by Gasteiger charge is -2.60. The van der Waals surface area contributed by atoms with Crippen LogP contribution in [-0.2, 0) is 6.16 Å². The molecule has 7 rings (SSSR count). The molecule has 36 heavy (non-hydrogen) atoms. The van der Waals surface area contributed by atoms with Gasteiger partial charge in [0.2, 0.25) is 0 Å². The smallest absolute Gasteiger partial charge is 0.00784 e. The fourth-order valence-corrected chi connectivity index (χ4v) is 15.0. The van der Waals surface area contributed by atoms with Crippen LogP contribution in [0.4, 0.5) is 0 Å². The molecule has 1 aromatic rings. The highest BCUT2D eigenvalue weighted by Crippen LogP contribution is 2.70. The van der Waals surface area contributed by atoms with Gasteiger partial charge >= 0.3 is 0 Å². The van der Waals surface area contributed by atoms with Crippen LogP contribution in [0.5, 0.6) is 0 Å². The maximum absolute atomic E-state index is 3.79. The quantitative estimate of drug-likeness (QED) is 0.353. The summed E-state index contributed by atoms with van der Waals surface area (Å²) in [4.78, 5) is 0. The predicted octanol–water partition coefficient (Wildman–Crippen LogP) is 7.91. The zero-order valence-electron chi connectivity index (χ0n) is 23.3. The van der Waals surface area contributed by atoms with Crippen molar-refractivity contribution in [3.05, 3.63) is 35.4 Å². The van der Waals surface area contributed by atoms with Crippen molar-refractivity contribution >= 4 is 16.5 Å². The molecule has 6 aliphatic rings. The standard InChI is InChI=1S/C32H52N2P2/c1-31(2,3)35-30(32-17-23-14-24(18-32)16-25(15-23)19-32)29-11-5-4-8-26(29)22-36(27-9-6-12-33-20-27)28-10-7-13-34-21-28/h4-5,8,11,23-25,27-28,30,33-35H,6-7,9-10,12-22H2,1-3H3. The van der Waals surface area contributed by atoms with E-state index in [4.69, 9.17) is 0 Å². The average molecular weight is 527 g/mol. The molecule has 2 aliphatic heterocycles. The van der Waals surface area contributed by atoms with Crippen LogP contribution < -0.4 is 10.6 Å². The number of piperidine rings is 2. The van der Waals surface area contributed by atoms with E-state index in [-0.39, 0.29) is 7.92 Å². The number of nitrogens with one attached hydrogen (secondary N) is 2. The Morgan fingerprint density at radius 2 is 1.44 bits per heavy atom. The van der Waals surface area contributed by atoms with E-state index >= 15 is 0 Å². The molecule has 0 spiro atoms. The van der Waals surface area contributed by atoms with E-state index in [9.17, 15) is 0 Å². The minimum Gasteiger partial charge on any atom is -0.316 e. The third-order valence-electron chi connectivity index (χ3n) is 10.5. The van der Waals surface area contributed by atoms with Crippen molar-refractivity contribution in [2.45, 2.75) is 113 Å². The summed E-state index contributed by atoms with van der Waals surface area (Å²) in [7, 11) is 1.04. The molecule has 2 heterocycles. The lowest BCUT2D eigenvalue weighted by atomic mass is 9.48. The van der Waals surface area contributed by atoms with Gasteiger partial charge in [0, 0.05) is 18.7 Å². The van der Waals surface area contributed by atoms with E-state index in [1.54, 1.807) is 30.4 Å². The van der Waals surface area contributed by atoms with E-state index in [0.29, 0.717) is 10.6 Å². The summed E-state index contributed by atoms with van der Waals surface area (Å²) in [5.41, 5.74) is 6.76. The molecule has 0 amide bonds. The Balaban J connectivity index is 1.34. The molecule has 2 N–H and O–H groups in total. The Morgan fingerprint density at radius 1 is 0.889 bits per heavy atom. The molecule has 4 saturated carbocycles. The summed E-state index contributed by atoms with van der Waals surface area (Å²) in [6, 6.07) is 9.97. The molecule has 4 atom stereocenters. The maximum Gasteiger partial charge on any atom is 0.00784 e. The van der Waals surface area contributed by atoms with E-state index in [1.807, 2.05) is 0 Å². The first-order chi connectivity index (χ1) is 17.4. The van der Waals surface area contributed by atoms with Crippen molar-refractivity contribution in [1.29, 1.82) is 0 Å². The van der Waals surface area contributed by atoms with Crippen LogP contribution >= 0.6 is 16.5 Å². The molecule has 2 saturated heterocycles. The summed E-state index contributed by atoms with van der Waals surface area (Å²) in [6.07, 6.45) is 16.3. The van der Waals surface area contributed by atoms with E-state index in [2.05, 4.69) is 55.7 Å². The van der Waals surface area contributed by atoms with E-state index in [1.165, 1.54) is 77.3 Å². The van der Waals surface area contributed by atoms with Gasteiger partial charge < -0.3 is 10.6 Å². The van der Waals surface area contributed by atoms with Gasteiger partial charge in [0.1, 0.15) is 0 Å². The van der Waals surface area contributed by atoms with Gasteiger partial charge in [-0.2, -0.15) is 0 Å². The predicted molar refractivity (Wildman–Crippen MR) is 160 cm³/mol. The maximum atomic E-state index is 3.79. The van der Waals surface area contributed by atoms with Crippen LogP contribution in [0.1, 0.15) is 102 Å². The molecule has 0 aromatic heterocycles. The highest BCUT2D eigenvalue weighted by atomic mass is 31.1. The van der Waals surface area contributed by atoms with Crippen molar-refractivity contribution in [2.24, 2.45) is 23.2 Å². The molecule has 0 radical (unpaired) electrons. The second-order valence-electron chi connectivity index (χ2n) is 14.5. The third kappa shape index (κ3) is 5.64. The van der Waals surface area contributed by atoms with Crippen molar-refractivity contribution in [3.63, 3.8) is 0 Å². The topological polar surface area (TPSA) is 24.1 Å². The first kappa shape index (κ1) is 26.2. The zero-order chi connectivity index (χ0) is 24.8. The fraction of sp³-hybridized carbons (Fsp3) is 0.812. The van der Waals surface area contributed by atoms with Crippen LogP contribution in [0.3, 0.4) is 0 Å². The van der Waals surface area contributed by atoms with Gasteiger partial charge in [0.15, 0.2) is 0 Å². The normalized spacial score (nSPS) is 38.5. The monoisotopic (exact) mass is 526 g/mol. The van der Waals surface area contributed by atoms with Gasteiger partial charge in [-0.15, -0.1) is 8.58 Å². The van der Waals surface area contributed by atoms with Crippen molar-refractivity contribution in [1.82, 2.24) is 10.6 Å². The minimum absolute atomic E-state index is 0.00244. The Labute approximate surface area is 224 Å². The Kier molecular flexibility index (Phi) is 7.92. The van der Waals surface area contributed by atoms with Gasteiger partial charge in [-0.3, -0.25) is 0 Å². The zero-order valence-corrected chi connectivity index (χ0v) is 25.2. The van der Waals surface area contributed by atoms with Crippen LogP contribution in [0.2, 0.25) is 0 Å². The largest absolute Gasteiger partial charge is 0.316 e. The van der Waals surface area contributed by atoms with Crippen LogP contribution in [0.15, 0.2) is 24.3 Å². The first-order valence-corrected chi connectivity index (χ1v) is 18.2.